The molecule has 0 aliphatic carbocycles. The smallest absolute Gasteiger partial charge is 0.234 e. The highest BCUT2D eigenvalue weighted by atomic mass is 16.3. The van der Waals surface area contributed by atoms with E-state index < -0.39 is 0 Å². The Morgan fingerprint density at radius 3 is 2.71 bits per heavy atom. The predicted octanol–water partition coefficient (Wildman–Crippen LogP) is 0.0218. The lowest BCUT2D eigenvalue weighted by molar-refractivity contribution is -0.124. The fraction of sp³-hybridized carbons (Fsp3) is 0.462. The van der Waals surface area contributed by atoms with Crippen LogP contribution in [-0.2, 0) is 11.2 Å². The highest BCUT2D eigenvalue weighted by Gasteiger charge is 2.25. The third-order valence-corrected chi connectivity index (χ3v) is 2.88. The van der Waals surface area contributed by atoms with Crippen molar-refractivity contribution in [3.63, 3.8) is 0 Å². The van der Waals surface area contributed by atoms with E-state index in [-0.39, 0.29) is 12.0 Å². The molecule has 0 unspecified atom stereocenters. The van der Waals surface area contributed by atoms with Gasteiger partial charge in [0.25, 0.3) is 0 Å². The molecule has 0 spiro atoms. The molecule has 1 fully saturated rings. The summed E-state index contributed by atoms with van der Waals surface area (Å²) in [7, 11) is 0. The lowest BCUT2D eigenvalue weighted by atomic mass is 10.1. The number of aliphatic hydroxyl groups excluding tert-OH is 1. The molecule has 0 atom stereocenters. The molecule has 17 heavy (non-hydrogen) atoms. The zero-order valence-electron chi connectivity index (χ0n) is 9.80. The van der Waals surface area contributed by atoms with Crippen molar-refractivity contribution < 1.29 is 9.90 Å². The molecule has 0 saturated carbocycles. The van der Waals surface area contributed by atoms with Crippen LogP contribution in [0.2, 0.25) is 0 Å². The van der Waals surface area contributed by atoms with Gasteiger partial charge in [0.1, 0.15) is 0 Å². The highest BCUT2D eigenvalue weighted by Crippen LogP contribution is 2.05. The molecule has 4 nitrogen and oxygen atoms in total. The van der Waals surface area contributed by atoms with E-state index in [4.69, 9.17) is 5.11 Å². The maximum absolute atomic E-state index is 11.5. The number of benzene rings is 1. The first-order valence-corrected chi connectivity index (χ1v) is 5.95. The van der Waals surface area contributed by atoms with Gasteiger partial charge in [0, 0.05) is 19.6 Å². The van der Waals surface area contributed by atoms with E-state index in [2.05, 4.69) is 17.4 Å². The van der Waals surface area contributed by atoms with Crippen LogP contribution in [0, 0.1) is 0 Å². The van der Waals surface area contributed by atoms with Crippen molar-refractivity contribution in [1.29, 1.82) is 0 Å². The van der Waals surface area contributed by atoms with E-state index in [1.165, 1.54) is 5.56 Å². The van der Waals surface area contributed by atoms with Gasteiger partial charge in [-0.05, 0) is 12.0 Å². The molecule has 0 radical (unpaired) electrons. The number of aliphatic hydroxyl groups is 1. The van der Waals surface area contributed by atoms with Crippen LogP contribution in [-0.4, -0.2) is 48.2 Å². The number of carbonyl (C=O) groups is 1. The van der Waals surface area contributed by atoms with Crippen molar-refractivity contribution in [2.45, 2.75) is 12.5 Å². The number of hydrogen-bond acceptors (Lipinski definition) is 3. The quantitative estimate of drug-likeness (QED) is 0.755. The molecule has 1 aliphatic rings. The average Bonchev–Trinajstić information content (AvgIpc) is 2.28. The third kappa shape index (κ3) is 3.84. The van der Waals surface area contributed by atoms with Gasteiger partial charge in [0.2, 0.25) is 5.91 Å². The molecule has 2 rings (SSSR count). The summed E-state index contributed by atoms with van der Waals surface area (Å²) in [5, 5.41) is 12.0. The Morgan fingerprint density at radius 2 is 2.06 bits per heavy atom. The van der Waals surface area contributed by atoms with E-state index in [9.17, 15) is 4.79 Å². The van der Waals surface area contributed by atoms with Crippen molar-refractivity contribution >= 4 is 5.91 Å². The summed E-state index contributed by atoms with van der Waals surface area (Å²) in [5.41, 5.74) is 1.23. The van der Waals surface area contributed by atoms with Gasteiger partial charge in [-0.3, -0.25) is 9.69 Å². The number of rotatable bonds is 5. The van der Waals surface area contributed by atoms with E-state index in [0.717, 1.165) is 6.42 Å². The number of nitrogens with one attached hydrogen (secondary N) is 1. The van der Waals surface area contributed by atoms with Crippen LogP contribution in [0.5, 0.6) is 0 Å². The lowest BCUT2D eigenvalue weighted by Crippen LogP contribution is -2.54. The van der Waals surface area contributed by atoms with Crippen molar-refractivity contribution in [2.24, 2.45) is 0 Å². The Hall–Kier alpha value is -1.39. The monoisotopic (exact) mass is 234 g/mol. The molecular weight excluding hydrogens is 216 g/mol. The Kier molecular flexibility index (Phi) is 4.12. The lowest BCUT2D eigenvalue weighted by Gasteiger charge is -2.35. The minimum atomic E-state index is -0.243. The minimum absolute atomic E-state index is 0.0350. The second-order valence-corrected chi connectivity index (χ2v) is 4.43. The summed E-state index contributed by atoms with van der Waals surface area (Å²) in [4.78, 5) is 13.4. The van der Waals surface area contributed by atoms with E-state index >= 15 is 0 Å². The van der Waals surface area contributed by atoms with Crippen molar-refractivity contribution in [3.8, 4) is 0 Å². The largest absolute Gasteiger partial charge is 0.390 e. The minimum Gasteiger partial charge on any atom is -0.390 e. The van der Waals surface area contributed by atoms with Crippen molar-refractivity contribution in [3.05, 3.63) is 35.9 Å². The molecule has 0 aromatic heterocycles. The van der Waals surface area contributed by atoms with Crippen LogP contribution in [0.25, 0.3) is 0 Å². The predicted molar refractivity (Wildman–Crippen MR) is 65.6 cm³/mol. The van der Waals surface area contributed by atoms with Crippen LogP contribution in [0.1, 0.15) is 5.56 Å². The normalized spacial score (nSPS) is 16.5. The molecule has 1 aromatic rings. The Balaban J connectivity index is 1.60. The maximum atomic E-state index is 11.5. The number of hydrogen-bond donors (Lipinski definition) is 2. The summed E-state index contributed by atoms with van der Waals surface area (Å²) in [5.74, 6) is 0.0350. The van der Waals surface area contributed by atoms with Gasteiger partial charge in [0.05, 0.1) is 12.6 Å². The van der Waals surface area contributed by atoms with Gasteiger partial charge in [-0.25, -0.2) is 0 Å². The fourth-order valence-electron chi connectivity index (χ4n) is 1.92. The molecule has 2 N–H and O–H groups in total. The molecule has 1 saturated heterocycles. The maximum Gasteiger partial charge on any atom is 0.234 e. The van der Waals surface area contributed by atoms with Gasteiger partial charge in [-0.15, -0.1) is 0 Å². The average molecular weight is 234 g/mol. The van der Waals surface area contributed by atoms with Crippen LogP contribution in [0.4, 0.5) is 0 Å². The number of β-amino-alcohol motifs (C(OH)–C–C–N with tert-alkyl or cyclic N) is 1. The van der Waals surface area contributed by atoms with E-state index in [0.29, 0.717) is 26.2 Å². The zero-order chi connectivity index (χ0) is 12.1. The van der Waals surface area contributed by atoms with E-state index in [1.54, 1.807) is 0 Å². The topological polar surface area (TPSA) is 52.6 Å². The first kappa shape index (κ1) is 12.1. The third-order valence-electron chi connectivity index (χ3n) is 2.88. The van der Waals surface area contributed by atoms with Crippen LogP contribution in [0.15, 0.2) is 30.3 Å². The molecule has 0 bridgehead atoms. The second-order valence-electron chi connectivity index (χ2n) is 4.43. The molecule has 1 aliphatic heterocycles. The first-order chi connectivity index (χ1) is 8.24. The summed E-state index contributed by atoms with van der Waals surface area (Å²) < 4.78 is 0. The van der Waals surface area contributed by atoms with Crippen LogP contribution >= 0.6 is 0 Å². The Bertz CT molecular complexity index is 361. The van der Waals surface area contributed by atoms with E-state index in [1.807, 2.05) is 23.1 Å². The molecule has 92 valence electrons. The van der Waals surface area contributed by atoms with Gasteiger partial charge >= 0.3 is 0 Å². The molecule has 1 amide bonds. The SMILES string of the molecule is O=C(CN1CC(O)C1)NCCc1ccccc1. The summed E-state index contributed by atoms with van der Waals surface area (Å²) >= 11 is 0. The first-order valence-electron chi connectivity index (χ1n) is 5.95. The number of likely N-dealkylation sites (tertiary alicyclic amines) is 1. The molecule has 1 aromatic carbocycles. The Labute approximate surface area is 101 Å². The van der Waals surface area contributed by atoms with Gasteiger partial charge in [-0.2, -0.15) is 0 Å². The number of nitrogens with zero attached hydrogens (tertiary/aromatic N) is 1. The van der Waals surface area contributed by atoms with Gasteiger partial charge in [0.15, 0.2) is 0 Å². The van der Waals surface area contributed by atoms with Gasteiger partial charge in [-0.1, -0.05) is 30.3 Å². The Morgan fingerprint density at radius 1 is 1.35 bits per heavy atom. The van der Waals surface area contributed by atoms with Crippen molar-refractivity contribution in [2.75, 3.05) is 26.2 Å². The molecule has 1 heterocycles. The zero-order valence-corrected chi connectivity index (χ0v) is 9.80. The van der Waals surface area contributed by atoms with Crippen LogP contribution < -0.4 is 5.32 Å². The van der Waals surface area contributed by atoms with Crippen molar-refractivity contribution in [1.82, 2.24) is 10.2 Å². The second kappa shape index (κ2) is 5.80. The number of amides is 1. The van der Waals surface area contributed by atoms with Crippen LogP contribution in [0.3, 0.4) is 0 Å². The molecular formula is C13H18N2O2. The summed E-state index contributed by atoms with van der Waals surface area (Å²) in [6.07, 6.45) is 0.613. The fourth-order valence-corrected chi connectivity index (χ4v) is 1.92. The van der Waals surface area contributed by atoms with Gasteiger partial charge < -0.3 is 10.4 Å². The number of carbonyl (C=O) groups excluding carboxylic acids is 1. The highest BCUT2D eigenvalue weighted by molar-refractivity contribution is 5.78. The standard InChI is InChI=1S/C13H18N2O2/c16-12-8-15(9-12)10-13(17)14-7-6-11-4-2-1-3-5-11/h1-5,12,16H,6-10H2,(H,14,17). The molecule has 4 heteroatoms. The summed E-state index contributed by atoms with van der Waals surface area (Å²) in [6, 6.07) is 10.1. The summed E-state index contributed by atoms with van der Waals surface area (Å²) in [6.45, 7) is 2.29.